The molecule has 0 aliphatic carbocycles. The lowest BCUT2D eigenvalue weighted by molar-refractivity contribution is 0.1000. The van der Waals surface area contributed by atoms with Crippen LogP contribution in [0.2, 0.25) is 0 Å². The average Bonchev–Trinajstić information content (AvgIpc) is 2.89. The Morgan fingerprint density at radius 2 is 1.54 bits per heavy atom. The first-order valence-electron chi connectivity index (χ1n) is 12.1. The Kier molecular flexibility index (Phi) is 8.35. The lowest BCUT2D eigenvalue weighted by atomic mass is 10.0. The van der Waals surface area contributed by atoms with Crippen molar-refractivity contribution in [2.75, 3.05) is 44.2 Å². The van der Waals surface area contributed by atoms with E-state index in [1.54, 1.807) is 30.3 Å². The molecule has 1 saturated heterocycles. The Hall–Kier alpha value is -3.84. The van der Waals surface area contributed by atoms with Crippen LogP contribution < -0.4 is 20.7 Å². The number of benzene rings is 3. The maximum Gasteiger partial charge on any atom is 0.412 e. The van der Waals surface area contributed by atoms with Crippen molar-refractivity contribution in [3.8, 4) is 16.9 Å². The smallest absolute Gasteiger partial charge is 0.410 e. The van der Waals surface area contributed by atoms with Gasteiger partial charge in [0.05, 0.1) is 0 Å². The molecule has 4 rings (SSSR count). The fraction of sp³-hybridized carbons (Fsp3) is 0.286. The normalized spacial score (nSPS) is 13.9. The van der Waals surface area contributed by atoms with Crippen molar-refractivity contribution in [1.82, 2.24) is 10.2 Å². The molecule has 0 radical (unpaired) electrons. The third-order valence-corrected chi connectivity index (χ3v) is 6.19. The molecular weight excluding hydrogens is 440 g/mol. The Balaban J connectivity index is 1.15. The van der Waals surface area contributed by atoms with Gasteiger partial charge in [0.15, 0.2) is 0 Å². The van der Waals surface area contributed by atoms with E-state index in [2.05, 4.69) is 39.4 Å². The van der Waals surface area contributed by atoms with Crippen molar-refractivity contribution >= 4 is 17.7 Å². The largest absolute Gasteiger partial charge is 0.412 e. The third-order valence-electron chi connectivity index (χ3n) is 6.19. The van der Waals surface area contributed by atoms with Crippen LogP contribution >= 0.6 is 0 Å². The van der Waals surface area contributed by atoms with Gasteiger partial charge < -0.3 is 20.7 Å². The summed E-state index contributed by atoms with van der Waals surface area (Å²) in [6.45, 7) is 5.81. The number of piperazine rings is 1. The van der Waals surface area contributed by atoms with Gasteiger partial charge in [-0.05, 0) is 66.9 Å². The molecule has 0 unspecified atom stereocenters. The average molecular weight is 473 g/mol. The molecule has 1 aliphatic heterocycles. The maximum atomic E-state index is 12.2. The first-order chi connectivity index (χ1) is 17.1. The highest BCUT2D eigenvalue weighted by Gasteiger charge is 2.16. The topological polar surface area (TPSA) is 87.9 Å². The molecule has 182 valence electrons. The van der Waals surface area contributed by atoms with Crippen molar-refractivity contribution in [3.05, 3.63) is 84.4 Å². The molecule has 0 spiro atoms. The van der Waals surface area contributed by atoms with Gasteiger partial charge in [0.1, 0.15) is 5.75 Å². The van der Waals surface area contributed by atoms with Gasteiger partial charge in [-0.3, -0.25) is 9.69 Å². The van der Waals surface area contributed by atoms with Crippen LogP contribution in [0.5, 0.6) is 5.75 Å². The predicted molar refractivity (Wildman–Crippen MR) is 139 cm³/mol. The van der Waals surface area contributed by atoms with Crippen LogP contribution in [0, 0.1) is 0 Å². The van der Waals surface area contributed by atoms with Crippen molar-refractivity contribution in [1.29, 1.82) is 0 Å². The Morgan fingerprint density at radius 3 is 2.29 bits per heavy atom. The van der Waals surface area contributed by atoms with Gasteiger partial charge in [0.2, 0.25) is 5.91 Å². The summed E-state index contributed by atoms with van der Waals surface area (Å²) in [5.74, 6) is -0.0335. The number of unbranched alkanes of at least 4 members (excludes halogenated alkanes) is 1. The number of rotatable bonds is 9. The quantitative estimate of drug-likeness (QED) is 0.457. The fourth-order valence-corrected chi connectivity index (χ4v) is 4.25. The van der Waals surface area contributed by atoms with Gasteiger partial charge in [-0.25, -0.2) is 4.79 Å². The number of carbonyl (C=O) groups excluding carboxylic acids is 2. The highest BCUT2D eigenvalue weighted by Crippen LogP contribution is 2.25. The van der Waals surface area contributed by atoms with Crippen LogP contribution in [-0.4, -0.2) is 56.2 Å². The van der Waals surface area contributed by atoms with E-state index in [1.165, 1.54) is 5.69 Å². The van der Waals surface area contributed by atoms with Gasteiger partial charge >= 0.3 is 6.09 Å². The summed E-state index contributed by atoms with van der Waals surface area (Å²) in [5, 5.41) is 2.83. The van der Waals surface area contributed by atoms with Crippen LogP contribution in [0.1, 0.15) is 23.2 Å². The second kappa shape index (κ2) is 12.0. The van der Waals surface area contributed by atoms with Gasteiger partial charge in [-0.1, -0.05) is 42.5 Å². The van der Waals surface area contributed by atoms with Gasteiger partial charge in [0.25, 0.3) is 0 Å². The molecule has 3 N–H and O–H groups in total. The van der Waals surface area contributed by atoms with E-state index in [0.29, 0.717) is 17.9 Å². The van der Waals surface area contributed by atoms with Gasteiger partial charge in [-0.2, -0.15) is 0 Å². The van der Waals surface area contributed by atoms with Crippen LogP contribution in [0.15, 0.2) is 78.9 Å². The number of nitrogens with two attached hydrogens (primary N) is 1. The number of ether oxygens (including phenoxy) is 1. The monoisotopic (exact) mass is 472 g/mol. The van der Waals surface area contributed by atoms with Gasteiger partial charge in [0, 0.05) is 44.0 Å². The molecule has 0 atom stereocenters. The van der Waals surface area contributed by atoms with Gasteiger partial charge in [-0.15, -0.1) is 0 Å². The zero-order chi connectivity index (χ0) is 24.5. The van der Waals surface area contributed by atoms with E-state index < -0.39 is 12.0 Å². The lowest BCUT2D eigenvalue weighted by Gasteiger charge is -2.36. The van der Waals surface area contributed by atoms with Crippen molar-refractivity contribution in [3.63, 3.8) is 0 Å². The number of hydrogen-bond donors (Lipinski definition) is 2. The molecule has 2 amide bonds. The summed E-state index contributed by atoms with van der Waals surface area (Å²) in [4.78, 5) is 28.6. The highest BCUT2D eigenvalue weighted by atomic mass is 16.6. The van der Waals surface area contributed by atoms with Crippen LogP contribution in [0.4, 0.5) is 10.5 Å². The first-order valence-corrected chi connectivity index (χ1v) is 12.1. The minimum Gasteiger partial charge on any atom is -0.410 e. The van der Waals surface area contributed by atoms with Crippen LogP contribution in [0.3, 0.4) is 0 Å². The summed E-state index contributed by atoms with van der Waals surface area (Å²) in [6.07, 6.45) is 1.45. The second-order valence-electron chi connectivity index (χ2n) is 8.66. The SMILES string of the molecule is NC(=O)c1cccc(-c2cccc(OC(=O)NCCCCN3CCN(c4ccccc4)CC3)c2)c1. The number of amides is 2. The molecular formula is C28H32N4O3. The molecule has 3 aromatic carbocycles. The van der Waals surface area contributed by atoms with Crippen LogP contribution in [0.25, 0.3) is 11.1 Å². The Morgan fingerprint density at radius 1 is 0.829 bits per heavy atom. The minimum atomic E-state index is -0.479. The fourth-order valence-electron chi connectivity index (χ4n) is 4.25. The molecule has 7 nitrogen and oxygen atoms in total. The summed E-state index contributed by atoms with van der Waals surface area (Å²) in [5.41, 5.74) is 8.77. The summed E-state index contributed by atoms with van der Waals surface area (Å²) < 4.78 is 5.45. The minimum absolute atomic E-state index is 0.435. The Bertz CT molecular complexity index is 1130. The van der Waals surface area contributed by atoms with E-state index in [9.17, 15) is 9.59 Å². The molecule has 1 aliphatic rings. The number of anilines is 1. The number of nitrogens with zero attached hydrogens (tertiary/aromatic N) is 2. The van der Waals surface area contributed by atoms with Crippen LogP contribution in [-0.2, 0) is 0 Å². The van der Waals surface area contributed by atoms with E-state index in [0.717, 1.165) is 56.7 Å². The number of nitrogens with one attached hydrogen (secondary N) is 1. The number of hydrogen-bond acceptors (Lipinski definition) is 5. The van der Waals surface area contributed by atoms with E-state index >= 15 is 0 Å². The summed E-state index contributed by atoms with van der Waals surface area (Å²) in [7, 11) is 0. The van der Waals surface area contributed by atoms with Crippen molar-refractivity contribution < 1.29 is 14.3 Å². The van der Waals surface area contributed by atoms with Crippen molar-refractivity contribution in [2.45, 2.75) is 12.8 Å². The molecule has 7 heteroatoms. The van der Waals surface area contributed by atoms with E-state index in [4.69, 9.17) is 10.5 Å². The molecule has 0 bridgehead atoms. The molecule has 0 saturated carbocycles. The number of primary amides is 1. The van der Waals surface area contributed by atoms with Crippen molar-refractivity contribution in [2.24, 2.45) is 5.73 Å². The third kappa shape index (κ3) is 7.07. The van der Waals surface area contributed by atoms with E-state index in [-0.39, 0.29) is 0 Å². The number of carbonyl (C=O) groups is 2. The number of para-hydroxylation sites is 1. The zero-order valence-electron chi connectivity index (χ0n) is 19.9. The first kappa shape index (κ1) is 24.3. The molecule has 35 heavy (non-hydrogen) atoms. The lowest BCUT2D eigenvalue weighted by Crippen LogP contribution is -2.46. The summed E-state index contributed by atoms with van der Waals surface area (Å²) in [6, 6.07) is 24.8. The summed E-state index contributed by atoms with van der Waals surface area (Å²) >= 11 is 0. The Labute approximate surface area is 206 Å². The maximum absolute atomic E-state index is 12.2. The molecule has 1 heterocycles. The molecule has 0 aromatic heterocycles. The predicted octanol–water partition coefficient (Wildman–Crippen LogP) is 4.14. The highest BCUT2D eigenvalue weighted by molar-refractivity contribution is 5.94. The zero-order valence-corrected chi connectivity index (χ0v) is 19.9. The molecule has 3 aromatic rings. The van der Waals surface area contributed by atoms with E-state index in [1.807, 2.05) is 24.3 Å². The molecule has 1 fully saturated rings. The second-order valence-corrected chi connectivity index (χ2v) is 8.66. The standard InChI is InChI=1S/C28H32N4O3/c29-27(33)24-10-6-8-22(20-24)23-9-7-13-26(21-23)35-28(34)30-14-4-5-15-31-16-18-32(19-17-31)25-11-2-1-3-12-25/h1-3,6-13,20-21H,4-5,14-19H2,(H2,29,33)(H,30,34).